The highest BCUT2D eigenvalue weighted by Gasteiger charge is 2.15. The summed E-state index contributed by atoms with van der Waals surface area (Å²) in [7, 11) is 1.32. The Kier molecular flexibility index (Phi) is 5.37. The average Bonchev–Trinajstić information content (AvgIpc) is 2.30. The minimum atomic E-state index is -0.447. The molecule has 2 N–H and O–H groups in total. The zero-order chi connectivity index (χ0) is 12.8. The number of ether oxygens (including phenoxy) is 1. The van der Waals surface area contributed by atoms with E-state index in [1.165, 1.54) is 7.11 Å². The summed E-state index contributed by atoms with van der Waals surface area (Å²) >= 11 is 3.25. The molecule has 0 amide bonds. The Labute approximate surface area is 108 Å². The van der Waals surface area contributed by atoms with Crippen LogP contribution in [0.1, 0.15) is 23.7 Å². The Hall–Kier alpha value is -1.14. The van der Waals surface area contributed by atoms with Crippen molar-refractivity contribution in [3.8, 4) is 0 Å². The van der Waals surface area contributed by atoms with Crippen LogP contribution in [0.5, 0.6) is 0 Å². The molecule has 0 aliphatic heterocycles. The van der Waals surface area contributed by atoms with Crippen molar-refractivity contribution in [2.45, 2.75) is 19.4 Å². The third-order valence-corrected chi connectivity index (χ3v) is 2.64. The Bertz CT molecular complexity index is 398. The summed E-state index contributed by atoms with van der Waals surface area (Å²) in [4.78, 5) is 15.7. The highest BCUT2D eigenvalue weighted by atomic mass is 79.9. The number of hydrogen-bond donors (Lipinski definition) is 2. The average molecular weight is 303 g/mol. The number of rotatable bonds is 5. The Morgan fingerprint density at radius 3 is 3.00 bits per heavy atom. The van der Waals surface area contributed by atoms with Crippen molar-refractivity contribution in [3.63, 3.8) is 0 Å². The van der Waals surface area contributed by atoms with Gasteiger partial charge >= 0.3 is 5.97 Å². The van der Waals surface area contributed by atoms with Crippen molar-refractivity contribution in [2.75, 3.05) is 19.0 Å². The van der Waals surface area contributed by atoms with Crippen LogP contribution in [-0.4, -0.2) is 35.8 Å². The highest BCUT2D eigenvalue weighted by Crippen LogP contribution is 2.19. The Morgan fingerprint density at radius 2 is 2.41 bits per heavy atom. The summed E-state index contributed by atoms with van der Waals surface area (Å²) < 4.78 is 5.39. The van der Waals surface area contributed by atoms with Crippen LogP contribution < -0.4 is 5.32 Å². The zero-order valence-electron chi connectivity index (χ0n) is 9.74. The molecular weight excluding hydrogens is 288 g/mol. The summed E-state index contributed by atoms with van der Waals surface area (Å²) in [5.74, 6) is 0.0125. The molecule has 0 aliphatic rings. The predicted molar refractivity (Wildman–Crippen MR) is 68.1 cm³/mol. The lowest BCUT2D eigenvalue weighted by atomic mass is 10.2. The fourth-order valence-corrected chi connectivity index (χ4v) is 1.65. The number of carbonyl (C=O) groups is 1. The van der Waals surface area contributed by atoms with Gasteiger partial charge in [0.05, 0.1) is 7.11 Å². The van der Waals surface area contributed by atoms with Crippen LogP contribution in [0, 0.1) is 0 Å². The second-order valence-electron chi connectivity index (χ2n) is 3.60. The monoisotopic (exact) mass is 302 g/mol. The van der Waals surface area contributed by atoms with Crippen molar-refractivity contribution in [1.29, 1.82) is 0 Å². The van der Waals surface area contributed by atoms with Crippen LogP contribution in [0.3, 0.4) is 0 Å². The molecule has 0 radical (unpaired) electrons. The molecule has 0 saturated carbocycles. The number of aromatic nitrogens is 1. The second kappa shape index (κ2) is 6.56. The fourth-order valence-electron chi connectivity index (χ4n) is 1.32. The van der Waals surface area contributed by atoms with Crippen LogP contribution >= 0.6 is 15.9 Å². The summed E-state index contributed by atoms with van der Waals surface area (Å²) in [6.45, 7) is 1.99. The third kappa shape index (κ3) is 3.98. The molecular formula is C11H15BrN2O3. The van der Waals surface area contributed by atoms with Gasteiger partial charge < -0.3 is 15.2 Å². The van der Waals surface area contributed by atoms with E-state index in [2.05, 4.69) is 31.0 Å². The minimum absolute atomic E-state index is 0.0251. The Morgan fingerprint density at radius 1 is 1.71 bits per heavy atom. The first-order valence-electron chi connectivity index (χ1n) is 5.19. The van der Waals surface area contributed by atoms with Crippen molar-refractivity contribution >= 4 is 27.7 Å². The van der Waals surface area contributed by atoms with Crippen LogP contribution in [0.4, 0.5) is 5.82 Å². The summed E-state index contributed by atoms with van der Waals surface area (Å²) in [5, 5.41) is 11.9. The van der Waals surface area contributed by atoms with Crippen molar-refractivity contribution in [3.05, 3.63) is 22.3 Å². The van der Waals surface area contributed by atoms with E-state index < -0.39 is 5.97 Å². The van der Waals surface area contributed by atoms with Gasteiger partial charge in [0.25, 0.3) is 0 Å². The SMILES string of the molecule is COC(=O)c1cc(Br)cnc1NC(C)CCO. The maximum atomic E-state index is 11.6. The predicted octanol–water partition coefficient (Wildman–Crippen LogP) is 1.81. The molecule has 1 aromatic heterocycles. The topological polar surface area (TPSA) is 71.5 Å². The van der Waals surface area contributed by atoms with Gasteiger partial charge in [0.1, 0.15) is 11.4 Å². The van der Waals surface area contributed by atoms with Gasteiger partial charge in [0.2, 0.25) is 0 Å². The fraction of sp³-hybridized carbons (Fsp3) is 0.455. The number of esters is 1. The zero-order valence-corrected chi connectivity index (χ0v) is 11.3. The first kappa shape index (κ1) is 13.9. The summed E-state index contributed by atoms with van der Waals surface area (Å²) in [6.07, 6.45) is 2.18. The molecule has 1 heterocycles. The molecule has 6 heteroatoms. The third-order valence-electron chi connectivity index (χ3n) is 2.20. The molecule has 17 heavy (non-hydrogen) atoms. The van der Waals surface area contributed by atoms with Gasteiger partial charge in [-0.1, -0.05) is 0 Å². The maximum absolute atomic E-state index is 11.6. The van der Waals surface area contributed by atoms with E-state index in [4.69, 9.17) is 5.11 Å². The lowest BCUT2D eigenvalue weighted by molar-refractivity contribution is 0.0601. The van der Waals surface area contributed by atoms with Crippen LogP contribution in [-0.2, 0) is 4.74 Å². The molecule has 1 atom stereocenters. The summed E-state index contributed by atoms with van der Waals surface area (Å²) in [6, 6.07) is 1.67. The molecule has 0 saturated heterocycles. The van der Waals surface area contributed by atoms with Crippen LogP contribution in [0.25, 0.3) is 0 Å². The van der Waals surface area contributed by atoms with E-state index >= 15 is 0 Å². The van der Waals surface area contributed by atoms with Crippen molar-refractivity contribution < 1.29 is 14.6 Å². The second-order valence-corrected chi connectivity index (χ2v) is 4.51. The van der Waals surface area contributed by atoms with Gasteiger partial charge in [-0.05, 0) is 35.3 Å². The number of aliphatic hydroxyl groups excluding tert-OH is 1. The molecule has 1 aromatic rings. The number of aliphatic hydroxyl groups is 1. The molecule has 5 nitrogen and oxygen atoms in total. The van der Waals surface area contributed by atoms with Gasteiger partial charge in [0.15, 0.2) is 0 Å². The highest BCUT2D eigenvalue weighted by molar-refractivity contribution is 9.10. The van der Waals surface area contributed by atoms with E-state index in [1.54, 1.807) is 12.3 Å². The molecule has 0 fully saturated rings. The van der Waals surface area contributed by atoms with E-state index in [1.807, 2.05) is 6.92 Å². The maximum Gasteiger partial charge on any atom is 0.341 e. The van der Waals surface area contributed by atoms with E-state index in [9.17, 15) is 4.79 Å². The van der Waals surface area contributed by atoms with Crippen LogP contribution in [0.15, 0.2) is 16.7 Å². The molecule has 0 aliphatic carbocycles. The quantitative estimate of drug-likeness (QED) is 0.812. The van der Waals surface area contributed by atoms with E-state index in [-0.39, 0.29) is 12.6 Å². The Balaban J connectivity index is 2.94. The number of carbonyl (C=O) groups excluding carboxylic acids is 1. The van der Waals surface area contributed by atoms with Gasteiger partial charge in [-0.15, -0.1) is 0 Å². The number of hydrogen-bond acceptors (Lipinski definition) is 5. The smallest absolute Gasteiger partial charge is 0.341 e. The first-order valence-corrected chi connectivity index (χ1v) is 5.99. The lowest BCUT2D eigenvalue weighted by Gasteiger charge is -2.15. The molecule has 0 spiro atoms. The molecule has 1 unspecified atom stereocenters. The number of nitrogens with zero attached hydrogens (tertiary/aromatic N) is 1. The number of methoxy groups -OCH3 is 1. The lowest BCUT2D eigenvalue weighted by Crippen LogP contribution is -2.20. The molecule has 0 bridgehead atoms. The molecule has 1 rings (SSSR count). The van der Waals surface area contributed by atoms with Gasteiger partial charge in [-0.25, -0.2) is 9.78 Å². The summed E-state index contributed by atoms with van der Waals surface area (Å²) in [5.41, 5.74) is 0.367. The number of halogens is 1. The van der Waals surface area contributed by atoms with Crippen molar-refractivity contribution in [2.24, 2.45) is 0 Å². The molecule has 0 aromatic carbocycles. The standard InChI is InChI=1S/C11H15BrN2O3/c1-7(3-4-15)14-10-9(11(16)17-2)5-8(12)6-13-10/h5-7,15H,3-4H2,1-2H3,(H,13,14). The van der Waals surface area contributed by atoms with E-state index in [0.717, 1.165) is 0 Å². The minimum Gasteiger partial charge on any atom is -0.465 e. The van der Waals surface area contributed by atoms with Crippen molar-refractivity contribution in [1.82, 2.24) is 4.98 Å². The van der Waals surface area contributed by atoms with Crippen LogP contribution in [0.2, 0.25) is 0 Å². The van der Waals surface area contributed by atoms with Gasteiger partial charge in [-0.2, -0.15) is 0 Å². The van der Waals surface area contributed by atoms with Gasteiger partial charge in [0, 0.05) is 23.3 Å². The normalized spacial score (nSPS) is 12.0. The van der Waals surface area contributed by atoms with Gasteiger partial charge in [-0.3, -0.25) is 0 Å². The number of nitrogens with one attached hydrogen (secondary N) is 1. The first-order chi connectivity index (χ1) is 8.08. The largest absolute Gasteiger partial charge is 0.465 e. The number of pyridine rings is 1. The molecule has 94 valence electrons. The number of anilines is 1. The van der Waals surface area contributed by atoms with E-state index in [0.29, 0.717) is 22.3 Å².